The Morgan fingerprint density at radius 1 is 1.29 bits per heavy atom. The Hall–Kier alpha value is -0.650. The van der Waals surface area contributed by atoms with Crippen molar-refractivity contribution in [3.8, 4) is 0 Å². The van der Waals surface area contributed by atoms with Crippen LogP contribution in [0.4, 0.5) is 0 Å². The molecule has 0 aromatic carbocycles. The molecule has 2 saturated heterocycles. The van der Waals surface area contributed by atoms with Gasteiger partial charge in [0.15, 0.2) is 0 Å². The van der Waals surface area contributed by atoms with E-state index in [0.29, 0.717) is 19.2 Å². The minimum atomic E-state index is -0.298. The first-order valence-corrected chi connectivity index (χ1v) is 6.54. The van der Waals surface area contributed by atoms with E-state index in [0.717, 1.165) is 38.7 Å². The van der Waals surface area contributed by atoms with Gasteiger partial charge in [0.05, 0.1) is 12.2 Å². The van der Waals surface area contributed by atoms with Crippen LogP contribution in [0.25, 0.3) is 0 Å². The molecule has 2 aliphatic rings. The predicted octanol–water partition coefficient (Wildman–Crippen LogP) is 0.178. The van der Waals surface area contributed by atoms with E-state index < -0.39 is 0 Å². The van der Waals surface area contributed by atoms with Gasteiger partial charge in [0, 0.05) is 19.7 Å². The molecular weight excluding hydrogens is 220 g/mol. The first-order valence-electron chi connectivity index (χ1n) is 6.54. The number of amides is 1. The highest BCUT2D eigenvalue weighted by Crippen LogP contribution is 2.19. The summed E-state index contributed by atoms with van der Waals surface area (Å²) in [6.45, 7) is 2.04. The zero-order chi connectivity index (χ0) is 12.1. The molecule has 0 bridgehead atoms. The van der Waals surface area contributed by atoms with Crippen LogP contribution in [0.5, 0.6) is 0 Å². The van der Waals surface area contributed by atoms with E-state index in [1.54, 1.807) is 0 Å². The van der Waals surface area contributed by atoms with E-state index >= 15 is 0 Å². The zero-order valence-electron chi connectivity index (χ0n) is 10.2. The molecule has 3 atom stereocenters. The van der Waals surface area contributed by atoms with Crippen molar-refractivity contribution in [2.45, 2.75) is 50.4 Å². The normalized spacial score (nSPS) is 32.9. The van der Waals surface area contributed by atoms with Crippen molar-refractivity contribution in [2.24, 2.45) is 5.73 Å². The highest BCUT2D eigenvalue weighted by molar-refractivity contribution is 5.80. The second-order valence-electron chi connectivity index (χ2n) is 4.77. The molecule has 98 valence electrons. The third-order valence-corrected chi connectivity index (χ3v) is 3.45. The SMILES string of the molecule is NCC1CCC(C(=O)NCCC2CCCO2)O1. The minimum absolute atomic E-state index is 0.000975. The summed E-state index contributed by atoms with van der Waals surface area (Å²) in [6.07, 6.45) is 4.92. The Bertz CT molecular complexity index is 254. The molecule has 0 radical (unpaired) electrons. The van der Waals surface area contributed by atoms with E-state index in [1.165, 1.54) is 0 Å². The average Bonchev–Trinajstić information content (AvgIpc) is 2.99. The van der Waals surface area contributed by atoms with Crippen LogP contribution in [0.15, 0.2) is 0 Å². The van der Waals surface area contributed by atoms with Crippen LogP contribution in [0.1, 0.15) is 32.1 Å². The summed E-state index contributed by atoms with van der Waals surface area (Å²) >= 11 is 0. The lowest BCUT2D eigenvalue weighted by Crippen LogP contribution is -2.36. The fourth-order valence-corrected chi connectivity index (χ4v) is 2.41. The fourth-order valence-electron chi connectivity index (χ4n) is 2.41. The number of hydrogen-bond donors (Lipinski definition) is 2. The Morgan fingerprint density at radius 2 is 2.18 bits per heavy atom. The van der Waals surface area contributed by atoms with Gasteiger partial charge in [-0.05, 0) is 32.1 Å². The van der Waals surface area contributed by atoms with Gasteiger partial charge in [-0.15, -0.1) is 0 Å². The molecule has 2 fully saturated rings. The molecule has 2 aliphatic heterocycles. The molecule has 0 saturated carbocycles. The summed E-state index contributed by atoms with van der Waals surface area (Å²) < 4.78 is 11.0. The summed E-state index contributed by atoms with van der Waals surface area (Å²) in [5, 5.41) is 2.91. The maximum Gasteiger partial charge on any atom is 0.249 e. The number of carbonyl (C=O) groups excluding carboxylic acids is 1. The lowest BCUT2D eigenvalue weighted by Gasteiger charge is -2.14. The van der Waals surface area contributed by atoms with Crippen LogP contribution in [0.2, 0.25) is 0 Å². The number of nitrogens with two attached hydrogens (primary N) is 1. The summed E-state index contributed by atoms with van der Waals surface area (Å²) in [7, 11) is 0. The fraction of sp³-hybridized carbons (Fsp3) is 0.917. The number of carbonyl (C=O) groups is 1. The lowest BCUT2D eigenvalue weighted by molar-refractivity contribution is -0.131. The summed E-state index contributed by atoms with van der Waals surface area (Å²) in [4.78, 5) is 11.8. The van der Waals surface area contributed by atoms with Gasteiger partial charge in [0.1, 0.15) is 6.10 Å². The van der Waals surface area contributed by atoms with Crippen LogP contribution in [-0.2, 0) is 14.3 Å². The highest BCUT2D eigenvalue weighted by atomic mass is 16.5. The first-order chi connectivity index (χ1) is 8.29. The third-order valence-electron chi connectivity index (χ3n) is 3.45. The van der Waals surface area contributed by atoms with Crippen LogP contribution in [-0.4, -0.2) is 43.9 Å². The second-order valence-corrected chi connectivity index (χ2v) is 4.77. The van der Waals surface area contributed by atoms with Gasteiger partial charge in [-0.2, -0.15) is 0 Å². The van der Waals surface area contributed by atoms with Crippen molar-refractivity contribution in [3.63, 3.8) is 0 Å². The molecule has 3 unspecified atom stereocenters. The molecule has 0 spiro atoms. The Morgan fingerprint density at radius 3 is 2.82 bits per heavy atom. The largest absolute Gasteiger partial charge is 0.378 e. The van der Waals surface area contributed by atoms with Crippen molar-refractivity contribution >= 4 is 5.91 Å². The van der Waals surface area contributed by atoms with E-state index in [2.05, 4.69) is 5.32 Å². The summed E-state index contributed by atoms with van der Waals surface area (Å²) in [5.74, 6) is -0.000975. The smallest absolute Gasteiger partial charge is 0.249 e. The van der Waals surface area contributed by atoms with Crippen molar-refractivity contribution in [3.05, 3.63) is 0 Å². The van der Waals surface area contributed by atoms with Crippen LogP contribution in [0, 0.1) is 0 Å². The standard InChI is InChI=1S/C12H22N2O3/c13-8-10-3-4-11(17-10)12(15)14-6-5-9-2-1-7-16-9/h9-11H,1-8,13H2,(H,14,15). The highest BCUT2D eigenvalue weighted by Gasteiger charge is 2.29. The summed E-state index contributed by atoms with van der Waals surface area (Å²) in [6, 6.07) is 0. The first kappa shape index (κ1) is 12.8. The average molecular weight is 242 g/mol. The topological polar surface area (TPSA) is 73.6 Å². The van der Waals surface area contributed by atoms with Crippen LogP contribution < -0.4 is 11.1 Å². The lowest BCUT2D eigenvalue weighted by atomic mass is 10.1. The monoisotopic (exact) mass is 242 g/mol. The quantitative estimate of drug-likeness (QED) is 0.721. The number of hydrogen-bond acceptors (Lipinski definition) is 4. The van der Waals surface area contributed by atoms with Gasteiger partial charge in [0.2, 0.25) is 5.91 Å². The Kier molecular flexibility index (Phi) is 4.76. The molecule has 0 aliphatic carbocycles. The maximum atomic E-state index is 11.8. The molecule has 2 heterocycles. The Labute approximate surface area is 102 Å². The molecule has 2 rings (SSSR count). The van der Waals surface area contributed by atoms with Crippen LogP contribution in [0.3, 0.4) is 0 Å². The van der Waals surface area contributed by atoms with Gasteiger partial charge < -0.3 is 20.5 Å². The molecule has 17 heavy (non-hydrogen) atoms. The molecule has 5 heteroatoms. The number of ether oxygens (including phenoxy) is 2. The van der Waals surface area contributed by atoms with E-state index in [9.17, 15) is 4.79 Å². The number of rotatable bonds is 5. The zero-order valence-corrected chi connectivity index (χ0v) is 10.2. The van der Waals surface area contributed by atoms with Gasteiger partial charge in [-0.25, -0.2) is 0 Å². The second kappa shape index (κ2) is 6.33. The maximum absolute atomic E-state index is 11.8. The Balaban J connectivity index is 1.60. The van der Waals surface area contributed by atoms with Gasteiger partial charge in [-0.3, -0.25) is 4.79 Å². The van der Waals surface area contributed by atoms with Gasteiger partial charge in [0.25, 0.3) is 0 Å². The van der Waals surface area contributed by atoms with Crippen molar-refractivity contribution < 1.29 is 14.3 Å². The predicted molar refractivity (Wildman–Crippen MR) is 63.6 cm³/mol. The van der Waals surface area contributed by atoms with Gasteiger partial charge >= 0.3 is 0 Å². The van der Waals surface area contributed by atoms with Gasteiger partial charge in [-0.1, -0.05) is 0 Å². The van der Waals surface area contributed by atoms with E-state index in [1.807, 2.05) is 0 Å². The summed E-state index contributed by atoms with van der Waals surface area (Å²) in [5.41, 5.74) is 5.51. The van der Waals surface area contributed by atoms with Crippen molar-refractivity contribution in [2.75, 3.05) is 19.7 Å². The molecular formula is C12H22N2O3. The molecule has 3 N–H and O–H groups in total. The molecule has 0 aromatic heterocycles. The minimum Gasteiger partial charge on any atom is -0.378 e. The molecule has 0 aromatic rings. The van der Waals surface area contributed by atoms with E-state index in [-0.39, 0.29) is 18.1 Å². The van der Waals surface area contributed by atoms with Crippen LogP contribution >= 0.6 is 0 Å². The van der Waals surface area contributed by atoms with E-state index in [4.69, 9.17) is 15.2 Å². The van der Waals surface area contributed by atoms with Crippen molar-refractivity contribution in [1.29, 1.82) is 0 Å². The molecule has 5 nitrogen and oxygen atoms in total. The molecule has 1 amide bonds. The number of nitrogens with one attached hydrogen (secondary N) is 1. The van der Waals surface area contributed by atoms with Crippen molar-refractivity contribution in [1.82, 2.24) is 5.32 Å². The third kappa shape index (κ3) is 3.66.